The average molecular weight is 325 g/mol. The van der Waals surface area contributed by atoms with Gasteiger partial charge in [0.25, 0.3) is 0 Å². The number of pyridine rings is 1. The van der Waals surface area contributed by atoms with Crippen LogP contribution in [0.3, 0.4) is 0 Å². The second kappa shape index (κ2) is 8.69. The van der Waals surface area contributed by atoms with Crippen LogP contribution in [0, 0.1) is 0 Å². The van der Waals surface area contributed by atoms with Crippen LogP contribution in [0.4, 0.5) is 0 Å². The molecular weight excluding hydrogens is 309 g/mol. The lowest BCUT2D eigenvalue weighted by Crippen LogP contribution is -2.09. The fraction of sp³-hybridized carbons (Fsp3) is 0.545. The molecule has 17 heavy (non-hydrogen) atoms. The summed E-state index contributed by atoms with van der Waals surface area (Å²) >= 11 is 9.09. The molecule has 0 saturated heterocycles. The summed E-state index contributed by atoms with van der Waals surface area (Å²) in [6.07, 6.45) is 2.43. The van der Waals surface area contributed by atoms with Gasteiger partial charge in [-0.2, -0.15) is 0 Å². The fourth-order valence-electron chi connectivity index (χ4n) is 1.11. The molecule has 0 spiro atoms. The van der Waals surface area contributed by atoms with E-state index in [0.717, 1.165) is 10.9 Å². The lowest BCUT2D eigenvalue weighted by molar-refractivity contribution is 0.0793. The largest absolute Gasteiger partial charge is 0.474 e. The molecule has 0 saturated carbocycles. The Bertz CT molecular complexity index is 338. The number of methoxy groups -OCH3 is 1. The van der Waals surface area contributed by atoms with Crippen molar-refractivity contribution in [2.24, 2.45) is 0 Å². The van der Waals surface area contributed by atoms with Crippen molar-refractivity contribution < 1.29 is 14.2 Å². The van der Waals surface area contributed by atoms with E-state index in [1.165, 1.54) is 0 Å². The van der Waals surface area contributed by atoms with Gasteiger partial charge in [-0.3, -0.25) is 0 Å². The van der Waals surface area contributed by atoms with Crippen LogP contribution < -0.4 is 4.74 Å². The minimum Gasteiger partial charge on any atom is -0.474 e. The molecule has 1 aromatic heterocycles. The smallest absolute Gasteiger partial charge is 0.228 e. The Hall–Kier alpha value is -0.360. The van der Waals surface area contributed by atoms with E-state index in [0.29, 0.717) is 37.3 Å². The molecule has 0 amide bonds. The van der Waals surface area contributed by atoms with Crippen LogP contribution >= 0.6 is 27.5 Å². The first-order valence-electron chi connectivity index (χ1n) is 5.24. The molecule has 0 radical (unpaired) electrons. The minimum absolute atomic E-state index is 0.459. The van der Waals surface area contributed by atoms with Crippen LogP contribution in [0.25, 0.3) is 0 Å². The number of hydrogen-bond acceptors (Lipinski definition) is 4. The molecule has 0 N–H and O–H groups in total. The molecule has 0 aromatic carbocycles. The Morgan fingerprint density at radius 2 is 2.12 bits per heavy atom. The fourth-order valence-corrected chi connectivity index (χ4v) is 1.87. The van der Waals surface area contributed by atoms with Gasteiger partial charge in [0.05, 0.1) is 16.1 Å². The van der Waals surface area contributed by atoms with E-state index in [1.54, 1.807) is 19.4 Å². The molecule has 0 unspecified atom stereocenters. The summed E-state index contributed by atoms with van der Waals surface area (Å²) in [4.78, 5) is 4.05. The standard InChI is InChI=1S/C11H15BrClNO3/c1-15-3-2-4-16-5-6-17-11-10(12)7-9(13)8-14-11/h7-8H,2-6H2,1H3. The van der Waals surface area contributed by atoms with Crippen molar-refractivity contribution in [3.63, 3.8) is 0 Å². The number of ether oxygens (including phenoxy) is 3. The zero-order valence-electron chi connectivity index (χ0n) is 9.62. The van der Waals surface area contributed by atoms with E-state index in [-0.39, 0.29) is 0 Å². The Morgan fingerprint density at radius 1 is 1.29 bits per heavy atom. The normalized spacial score (nSPS) is 10.5. The van der Waals surface area contributed by atoms with Crippen molar-refractivity contribution in [1.29, 1.82) is 0 Å². The third-order valence-electron chi connectivity index (χ3n) is 1.88. The number of halogens is 2. The number of rotatable bonds is 8. The van der Waals surface area contributed by atoms with E-state index < -0.39 is 0 Å². The summed E-state index contributed by atoms with van der Waals surface area (Å²) in [5.41, 5.74) is 0. The predicted molar refractivity (Wildman–Crippen MR) is 69.8 cm³/mol. The zero-order valence-corrected chi connectivity index (χ0v) is 12.0. The Labute approximate surface area is 114 Å². The van der Waals surface area contributed by atoms with Crippen molar-refractivity contribution >= 4 is 27.5 Å². The molecule has 0 bridgehead atoms. The van der Waals surface area contributed by atoms with Gasteiger partial charge in [-0.05, 0) is 28.4 Å². The highest BCUT2D eigenvalue weighted by Crippen LogP contribution is 2.24. The summed E-state index contributed by atoms with van der Waals surface area (Å²) < 4.78 is 16.4. The molecule has 1 aromatic rings. The number of aromatic nitrogens is 1. The van der Waals surface area contributed by atoms with Crippen LogP contribution in [-0.2, 0) is 9.47 Å². The van der Waals surface area contributed by atoms with Gasteiger partial charge in [-0.1, -0.05) is 11.6 Å². The Morgan fingerprint density at radius 3 is 2.82 bits per heavy atom. The maximum absolute atomic E-state index is 5.76. The summed E-state index contributed by atoms with van der Waals surface area (Å²) in [6, 6.07) is 1.74. The van der Waals surface area contributed by atoms with E-state index >= 15 is 0 Å². The number of nitrogens with zero attached hydrogens (tertiary/aromatic N) is 1. The van der Waals surface area contributed by atoms with Crippen LogP contribution in [0.15, 0.2) is 16.7 Å². The minimum atomic E-state index is 0.459. The van der Waals surface area contributed by atoms with E-state index in [1.807, 2.05) is 0 Å². The van der Waals surface area contributed by atoms with Crippen LogP contribution in [0.1, 0.15) is 6.42 Å². The van der Waals surface area contributed by atoms with Gasteiger partial charge in [-0.15, -0.1) is 0 Å². The average Bonchev–Trinajstić information content (AvgIpc) is 2.30. The highest BCUT2D eigenvalue weighted by Gasteiger charge is 2.03. The molecule has 0 fully saturated rings. The monoisotopic (exact) mass is 323 g/mol. The highest BCUT2D eigenvalue weighted by atomic mass is 79.9. The molecule has 0 aliphatic carbocycles. The van der Waals surface area contributed by atoms with Crippen LogP contribution in [0.2, 0.25) is 5.02 Å². The maximum atomic E-state index is 5.76. The SMILES string of the molecule is COCCCOCCOc1ncc(Cl)cc1Br. The van der Waals surface area contributed by atoms with Gasteiger partial charge in [0, 0.05) is 26.5 Å². The summed E-state index contributed by atoms with van der Waals surface area (Å²) in [5, 5.41) is 0.569. The van der Waals surface area contributed by atoms with Gasteiger partial charge in [0.2, 0.25) is 5.88 Å². The Balaban J connectivity index is 2.14. The maximum Gasteiger partial charge on any atom is 0.228 e. The van der Waals surface area contributed by atoms with E-state index in [4.69, 9.17) is 25.8 Å². The van der Waals surface area contributed by atoms with Gasteiger partial charge in [-0.25, -0.2) is 4.98 Å². The predicted octanol–water partition coefficient (Wildman–Crippen LogP) is 2.93. The van der Waals surface area contributed by atoms with Gasteiger partial charge in [0.1, 0.15) is 6.61 Å². The summed E-state index contributed by atoms with van der Waals surface area (Å²) in [6.45, 7) is 2.37. The van der Waals surface area contributed by atoms with Gasteiger partial charge in [0.15, 0.2) is 0 Å². The summed E-state index contributed by atoms with van der Waals surface area (Å²) in [5.74, 6) is 0.523. The Kier molecular flexibility index (Phi) is 7.51. The van der Waals surface area contributed by atoms with Gasteiger partial charge >= 0.3 is 0 Å². The van der Waals surface area contributed by atoms with Crippen molar-refractivity contribution in [2.45, 2.75) is 6.42 Å². The molecule has 6 heteroatoms. The molecule has 0 aliphatic rings. The molecule has 0 atom stereocenters. The molecule has 0 aliphatic heterocycles. The third kappa shape index (κ3) is 6.21. The molecule has 1 heterocycles. The summed E-state index contributed by atoms with van der Waals surface area (Å²) in [7, 11) is 1.67. The molecule has 4 nitrogen and oxygen atoms in total. The number of hydrogen-bond donors (Lipinski definition) is 0. The van der Waals surface area contributed by atoms with Crippen molar-refractivity contribution in [3.05, 3.63) is 21.8 Å². The lowest BCUT2D eigenvalue weighted by Gasteiger charge is -2.07. The van der Waals surface area contributed by atoms with Crippen molar-refractivity contribution in [3.8, 4) is 5.88 Å². The topological polar surface area (TPSA) is 40.6 Å². The van der Waals surface area contributed by atoms with Crippen LogP contribution in [0.5, 0.6) is 5.88 Å². The molecular formula is C11H15BrClNO3. The third-order valence-corrected chi connectivity index (χ3v) is 2.65. The first-order valence-corrected chi connectivity index (χ1v) is 6.41. The quantitative estimate of drug-likeness (QED) is 0.689. The first-order chi connectivity index (χ1) is 8.24. The lowest BCUT2D eigenvalue weighted by atomic mass is 10.5. The van der Waals surface area contributed by atoms with E-state index in [9.17, 15) is 0 Å². The zero-order chi connectivity index (χ0) is 12.5. The van der Waals surface area contributed by atoms with Gasteiger partial charge < -0.3 is 14.2 Å². The highest BCUT2D eigenvalue weighted by molar-refractivity contribution is 9.10. The van der Waals surface area contributed by atoms with Crippen LogP contribution in [-0.4, -0.2) is 38.5 Å². The first kappa shape index (κ1) is 14.7. The second-order valence-electron chi connectivity index (χ2n) is 3.25. The molecule has 1 rings (SSSR count). The van der Waals surface area contributed by atoms with Crippen molar-refractivity contribution in [2.75, 3.05) is 33.5 Å². The van der Waals surface area contributed by atoms with Crippen molar-refractivity contribution in [1.82, 2.24) is 4.98 Å². The molecule has 96 valence electrons. The second-order valence-corrected chi connectivity index (χ2v) is 4.54. The van der Waals surface area contributed by atoms with E-state index in [2.05, 4.69) is 20.9 Å².